The van der Waals surface area contributed by atoms with Gasteiger partial charge in [-0.2, -0.15) is 13.2 Å². The van der Waals surface area contributed by atoms with E-state index in [4.69, 9.17) is 5.11 Å². The summed E-state index contributed by atoms with van der Waals surface area (Å²) in [6.07, 6.45) is -1.69. The summed E-state index contributed by atoms with van der Waals surface area (Å²) in [6, 6.07) is 0. The molecule has 138 valence electrons. The molecule has 0 saturated heterocycles. The molecule has 0 spiro atoms. The number of hydrogen-bond donors (Lipinski definition) is 3. The van der Waals surface area contributed by atoms with Crippen LogP contribution in [0.4, 0.5) is 13.2 Å². The molecular weight excluding hydrogens is 341 g/mol. The summed E-state index contributed by atoms with van der Waals surface area (Å²) in [5.74, 6) is 0.876. The number of guanidine groups is 1. The molecule has 0 aromatic carbocycles. The first-order valence-electron chi connectivity index (χ1n) is 8.05. The molecule has 1 rings (SSSR count). The molecule has 0 aliphatic rings. The topological polar surface area (TPSA) is 69.5 Å². The number of nitrogens with one attached hydrogen (secondary N) is 2. The fourth-order valence-electron chi connectivity index (χ4n) is 2.18. The largest absolute Gasteiger partial charge is 0.434 e. The zero-order valence-corrected chi connectivity index (χ0v) is 14.8. The van der Waals surface area contributed by atoms with Crippen LogP contribution in [0.5, 0.6) is 0 Å². The second-order valence-electron chi connectivity index (χ2n) is 5.37. The van der Waals surface area contributed by atoms with Crippen LogP contribution in [0.1, 0.15) is 43.8 Å². The third-order valence-corrected chi connectivity index (χ3v) is 4.18. The van der Waals surface area contributed by atoms with Crippen LogP contribution in [0, 0.1) is 5.92 Å². The minimum absolute atomic E-state index is 0.0918. The number of aromatic nitrogens is 1. The lowest BCUT2D eigenvalue weighted by molar-refractivity contribution is -0.140. The van der Waals surface area contributed by atoms with Gasteiger partial charge in [-0.05, 0) is 25.7 Å². The van der Waals surface area contributed by atoms with Crippen LogP contribution in [0.25, 0.3) is 0 Å². The van der Waals surface area contributed by atoms with Crippen molar-refractivity contribution in [2.24, 2.45) is 10.9 Å². The smallest absolute Gasteiger partial charge is 0.396 e. The molecule has 0 bridgehead atoms. The fourth-order valence-corrected chi connectivity index (χ4v) is 2.91. The second kappa shape index (κ2) is 10.5. The monoisotopic (exact) mass is 366 g/mol. The van der Waals surface area contributed by atoms with Gasteiger partial charge in [-0.25, -0.2) is 9.98 Å². The van der Waals surface area contributed by atoms with Gasteiger partial charge in [0.25, 0.3) is 0 Å². The zero-order valence-electron chi connectivity index (χ0n) is 14.0. The Labute approximate surface area is 144 Å². The number of halogens is 3. The highest BCUT2D eigenvalue weighted by molar-refractivity contribution is 7.09. The molecule has 0 radical (unpaired) electrons. The van der Waals surface area contributed by atoms with E-state index in [1.54, 1.807) is 0 Å². The Bertz CT molecular complexity index is 499. The Morgan fingerprint density at radius 1 is 1.33 bits per heavy atom. The predicted molar refractivity (Wildman–Crippen MR) is 90.0 cm³/mol. The number of nitrogens with zero attached hydrogens (tertiary/aromatic N) is 2. The van der Waals surface area contributed by atoms with Crippen LogP contribution >= 0.6 is 11.3 Å². The molecule has 0 amide bonds. The summed E-state index contributed by atoms with van der Waals surface area (Å²) in [4.78, 5) is 7.85. The van der Waals surface area contributed by atoms with E-state index in [1.165, 1.54) is 0 Å². The van der Waals surface area contributed by atoms with E-state index in [2.05, 4.69) is 27.5 Å². The van der Waals surface area contributed by atoms with Crippen molar-refractivity contribution in [1.29, 1.82) is 0 Å². The zero-order chi connectivity index (χ0) is 18.0. The SMILES string of the molecule is CCCC(CCO)CNC(=NCc1nc(C(F)(F)F)cs1)NCC. The van der Waals surface area contributed by atoms with Crippen molar-refractivity contribution in [2.75, 3.05) is 19.7 Å². The van der Waals surface area contributed by atoms with Crippen molar-refractivity contribution in [1.82, 2.24) is 15.6 Å². The van der Waals surface area contributed by atoms with Crippen LogP contribution in [0.15, 0.2) is 10.4 Å². The van der Waals surface area contributed by atoms with Gasteiger partial charge >= 0.3 is 6.18 Å². The van der Waals surface area contributed by atoms with E-state index in [0.29, 0.717) is 36.4 Å². The van der Waals surface area contributed by atoms with Gasteiger partial charge in [0.1, 0.15) is 5.01 Å². The molecule has 1 atom stereocenters. The Hall–Kier alpha value is -1.35. The average molecular weight is 366 g/mol. The van der Waals surface area contributed by atoms with Crippen LogP contribution in [0.3, 0.4) is 0 Å². The maximum absolute atomic E-state index is 12.5. The Kier molecular flexibility index (Phi) is 9.05. The van der Waals surface area contributed by atoms with Gasteiger partial charge in [0, 0.05) is 25.1 Å². The highest BCUT2D eigenvalue weighted by Gasteiger charge is 2.33. The van der Waals surface area contributed by atoms with Gasteiger partial charge in [0.15, 0.2) is 11.7 Å². The molecule has 9 heteroatoms. The first kappa shape index (κ1) is 20.7. The Balaban J connectivity index is 2.63. The highest BCUT2D eigenvalue weighted by Crippen LogP contribution is 2.30. The summed E-state index contributed by atoms with van der Waals surface area (Å²) in [5, 5.41) is 16.6. The van der Waals surface area contributed by atoms with Crippen molar-refractivity contribution in [3.8, 4) is 0 Å². The molecule has 1 unspecified atom stereocenters. The summed E-state index contributed by atoms with van der Waals surface area (Å²) in [7, 11) is 0. The minimum Gasteiger partial charge on any atom is -0.396 e. The van der Waals surface area contributed by atoms with Crippen LogP contribution in [-0.2, 0) is 12.7 Å². The molecule has 0 aliphatic heterocycles. The van der Waals surface area contributed by atoms with Gasteiger partial charge in [-0.3, -0.25) is 0 Å². The summed E-state index contributed by atoms with van der Waals surface area (Å²) < 4.78 is 37.6. The van der Waals surface area contributed by atoms with Gasteiger partial charge in [-0.15, -0.1) is 11.3 Å². The molecule has 3 N–H and O–H groups in total. The number of aliphatic hydroxyl groups is 1. The number of rotatable bonds is 9. The number of aliphatic hydroxyl groups excluding tert-OH is 1. The summed E-state index contributed by atoms with van der Waals surface area (Å²) in [5.41, 5.74) is -0.874. The van der Waals surface area contributed by atoms with Gasteiger partial charge in [0.2, 0.25) is 0 Å². The quantitative estimate of drug-likeness (QED) is 0.464. The van der Waals surface area contributed by atoms with Crippen LogP contribution < -0.4 is 10.6 Å². The molecule has 1 aromatic rings. The van der Waals surface area contributed by atoms with Crippen molar-refractivity contribution >= 4 is 17.3 Å². The maximum Gasteiger partial charge on any atom is 0.434 e. The normalized spacial score (nSPS) is 13.8. The fraction of sp³-hybridized carbons (Fsp3) is 0.733. The number of hydrogen-bond acceptors (Lipinski definition) is 4. The lowest BCUT2D eigenvalue weighted by Gasteiger charge is -2.18. The van der Waals surface area contributed by atoms with Crippen molar-refractivity contribution < 1.29 is 18.3 Å². The Morgan fingerprint density at radius 2 is 2.08 bits per heavy atom. The molecule has 1 aromatic heterocycles. The lowest BCUT2D eigenvalue weighted by atomic mass is 10.0. The maximum atomic E-state index is 12.5. The number of aliphatic imine (C=N–C) groups is 1. The predicted octanol–water partition coefficient (Wildman–Crippen LogP) is 3.02. The molecular formula is C15H25F3N4OS. The van der Waals surface area contributed by atoms with E-state index >= 15 is 0 Å². The highest BCUT2D eigenvalue weighted by atomic mass is 32.1. The first-order chi connectivity index (χ1) is 11.4. The van der Waals surface area contributed by atoms with Crippen molar-refractivity contribution in [3.05, 3.63) is 16.1 Å². The molecule has 5 nitrogen and oxygen atoms in total. The van der Waals surface area contributed by atoms with E-state index in [-0.39, 0.29) is 13.2 Å². The Morgan fingerprint density at radius 3 is 2.62 bits per heavy atom. The molecule has 1 heterocycles. The van der Waals surface area contributed by atoms with E-state index < -0.39 is 11.9 Å². The van der Waals surface area contributed by atoms with Gasteiger partial charge in [-0.1, -0.05) is 13.3 Å². The molecule has 0 saturated carbocycles. The number of thiazole rings is 1. The average Bonchev–Trinajstić information content (AvgIpc) is 2.99. The van der Waals surface area contributed by atoms with Gasteiger partial charge in [0.05, 0.1) is 6.54 Å². The van der Waals surface area contributed by atoms with E-state index in [0.717, 1.165) is 29.6 Å². The van der Waals surface area contributed by atoms with Crippen LogP contribution in [0.2, 0.25) is 0 Å². The van der Waals surface area contributed by atoms with E-state index in [1.807, 2.05) is 6.92 Å². The third-order valence-electron chi connectivity index (χ3n) is 3.35. The lowest BCUT2D eigenvalue weighted by Crippen LogP contribution is -2.40. The van der Waals surface area contributed by atoms with Crippen LogP contribution in [-0.4, -0.2) is 35.7 Å². The summed E-state index contributed by atoms with van der Waals surface area (Å²) in [6.45, 7) is 5.54. The molecule has 24 heavy (non-hydrogen) atoms. The van der Waals surface area contributed by atoms with E-state index in [9.17, 15) is 13.2 Å². The third kappa shape index (κ3) is 7.48. The molecule has 0 fully saturated rings. The first-order valence-corrected chi connectivity index (χ1v) is 8.93. The molecule has 0 aliphatic carbocycles. The number of alkyl halides is 3. The summed E-state index contributed by atoms with van der Waals surface area (Å²) >= 11 is 0.950. The van der Waals surface area contributed by atoms with Crippen molar-refractivity contribution in [2.45, 2.75) is 45.8 Å². The second-order valence-corrected chi connectivity index (χ2v) is 6.31. The van der Waals surface area contributed by atoms with Crippen molar-refractivity contribution in [3.63, 3.8) is 0 Å². The standard InChI is InChI=1S/C15H25F3N4OS/c1-3-5-11(6-7-23)8-20-14(19-4-2)21-9-13-22-12(10-24-13)15(16,17)18/h10-11,23H,3-9H2,1-2H3,(H2,19,20,21). The van der Waals surface area contributed by atoms with Gasteiger partial charge < -0.3 is 15.7 Å². The minimum atomic E-state index is -4.42.